The molecule has 0 spiro atoms. The molecule has 0 saturated carbocycles. The number of sulfonamides is 1. The van der Waals surface area contributed by atoms with Crippen molar-refractivity contribution in [2.75, 3.05) is 18.3 Å². The summed E-state index contributed by atoms with van der Waals surface area (Å²) in [6.07, 6.45) is 1.57. The predicted octanol–water partition coefficient (Wildman–Crippen LogP) is 5.59. The Morgan fingerprint density at radius 1 is 1.09 bits per heavy atom. The van der Waals surface area contributed by atoms with Gasteiger partial charge in [0, 0.05) is 28.2 Å². The van der Waals surface area contributed by atoms with E-state index in [-0.39, 0.29) is 10.7 Å². The van der Waals surface area contributed by atoms with Gasteiger partial charge in [0.1, 0.15) is 5.82 Å². The van der Waals surface area contributed by atoms with Crippen LogP contribution in [0.3, 0.4) is 0 Å². The third-order valence-corrected chi connectivity index (χ3v) is 7.14. The maximum atomic E-state index is 13.3. The molecule has 1 N–H and O–H groups in total. The van der Waals surface area contributed by atoms with Crippen molar-refractivity contribution < 1.29 is 17.3 Å². The van der Waals surface area contributed by atoms with Gasteiger partial charge < -0.3 is 9.42 Å². The zero-order chi connectivity index (χ0) is 23.4. The summed E-state index contributed by atoms with van der Waals surface area (Å²) in [5.41, 5.74) is 2.80. The zero-order valence-electron chi connectivity index (χ0n) is 18.0. The van der Waals surface area contributed by atoms with Crippen LogP contribution in [-0.2, 0) is 23.0 Å². The number of fused-ring (bicyclic) bond motifs is 1. The molecule has 0 aliphatic carbocycles. The first kappa shape index (κ1) is 23.4. The number of benzene rings is 3. The maximum Gasteiger partial charge on any atom is 0.261 e. The van der Waals surface area contributed by atoms with Crippen LogP contribution in [0, 0.1) is 5.82 Å². The van der Waals surface area contributed by atoms with Crippen LogP contribution in [0.15, 0.2) is 80.6 Å². The lowest BCUT2D eigenvalue weighted by atomic mass is 10.1. The van der Waals surface area contributed by atoms with Crippen LogP contribution in [0.1, 0.15) is 17.7 Å². The SMILES string of the molecule is CN(CCCc1noc2cc(F)ccc12)Cc1cccc(NS(=O)(=O)c2ccc(Br)cc2)c1. The number of aromatic nitrogens is 1. The van der Waals surface area contributed by atoms with Gasteiger partial charge in [0.05, 0.1) is 10.6 Å². The Morgan fingerprint density at radius 3 is 2.67 bits per heavy atom. The van der Waals surface area contributed by atoms with Gasteiger partial charge >= 0.3 is 0 Å². The second-order valence-corrected chi connectivity index (χ2v) is 10.5. The highest BCUT2D eigenvalue weighted by atomic mass is 79.9. The maximum absolute atomic E-state index is 13.3. The Kier molecular flexibility index (Phi) is 7.11. The first-order chi connectivity index (χ1) is 15.8. The third kappa shape index (κ3) is 5.98. The Labute approximate surface area is 200 Å². The monoisotopic (exact) mass is 531 g/mol. The Hall–Kier alpha value is -2.75. The largest absolute Gasteiger partial charge is 0.356 e. The molecule has 172 valence electrons. The van der Waals surface area contributed by atoms with Crippen molar-refractivity contribution in [1.29, 1.82) is 0 Å². The summed E-state index contributed by atoms with van der Waals surface area (Å²) in [4.78, 5) is 2.36. The summed E-state index contributed by atoms with van der Waals surface area (Å²) in [7, 11) is -1.65. The number of hydrogen-bond acceptors (Lipinski definition) is 5. The van der Waals surface area contributed by atoms with Gasteiger partial charge in [0.15, 0.2) is 5.58 Å². The zero-order valence-corrected chi connectivity index (χ0v) is 20.4. The molecule has 0 fully saturated rings. The van der Waals surface area contributed by atoms with Crippen LogP contribution in [0.25, 0.3) is 11.0 Å². The fraction of sp³-hybridized carbons (Fsp3) is 0.208. The van der Waals surface area contributed by atoms with Crippen LogP contribution in [0.4, 0.5) is 10.1 Å². The smallest absolute Gasteiger partial charge is 0.261 e. The molecule has 4 aromatic rings. The van der Waals surface area contributed by atoms with E-state index in [4.69, 9.17) is 4.52 Å². The molecule has 33 heavy (non-hydrogen) atoms. The lowest BCUT2D eigenvalue weighted by molar-refractivity contribution is 0.320. The van der Waals surface area contributed by atoms with Gasteiger partial charge in [-0.2, -0.15) is 0 Å². The van der Waals surface area contributed by atoms with Crippen LogP contribution in [0.5, 0.6) is 0 Å². The quantitative estimate of drug-likeness (QED) is 0.304. The molecular formula is C24H23BrFN3O3S. The second-order valence-electron chi connectivity index (χ2n) is 7.87. The van der Waals surface area contributed by atoms with E-state index in [1.807, 2.05) is 25.2 Å². The molecule has 0 amide bonds. The summed E-state index contributed by atoms with van der Waals surface area (Å²) in [5, 5.41) is 4.90. The fourth-order valence-electron chi connectivity index (χ4n) is 3.61. The summed E-state index contributed by atoms with van der Waals surface area (Å²) < 4.78 is 47.3. The summed E-state index contributed by atoms with van der Waals surface area (Å²) >= 11 is 3.31. The van der Waals surface area contributed by atoms with Crippen LogP contribution < -0.4 is 4.72 Å². The number of halogens is 2. The number of aryl methyl sites for hydroxylation is 1. The van der Waals surface area contributed by atoms with Crippen molar-refractivity contribution in [2.45, 2.75) is 24.3 Å². The topological polar surface area (TPSA) is 75.4 Å². The van der Waals surface area contributed by atoms with Crippen molar-refractivity contribution in [3.8, 4) is 0 Å². The lowest BCUT2D eigenvalue weighted by Crippen LogP contribution is -2.20. The number of anilines is 1. The van der Waals surface area contributed by atoms with E-state index in [0.717, 1.165) is 40.5 Å². The normalized spacial score (nSPS) is 11.9. The predicted molar refractivity (Wildman–Crippen MR) is 130 cm³/mol. The van der Waals surface area contributed by atoms with Gasteiger partial charge in [-0.15, -0.1) is 0 Å². The van der Waals surface area contributed by atoms with Gasteiger partial charge in [-0.05, 0) is 80.5 Å². The van der Waals surface area contributed by atoms with E-state index in [0.29, 0.717) is 17.8 Å². The van der Waals surface area contributed by atoms with Gasteiger partial charge in [0.25, 0.3) is 10.0 Å². The molecular weight excluding hydrogens is 509 g/mol. The minimum Gasteiger partial charge on any atom is -0.356 e. The fourth-order valence-corrected chi connectivity index (χ4v) is 4.93. The van der Waals surface area contributed by atoms with E-state index in [2.05, 4.69) is 30.7 Å². The number of rotatable bonds is 9. The van der Waals surface area contributed by atoms with E-state index in [1.54, 1.807) is 36.4 Å². The van der Waals surface area contributed by atoms with Crippen molar-refractivity contribution >= 4 is 42.6 Å². The molecule has 1 heterocycles. The van der Waals surface area contributed by atoms with Crippen molar-refractivity contribution in [3.63, 3.8) is 0 Å². The number of nitrogens with one attached hydrogen (secondary N) is 1. The second kappa shape index (κ2) is 10.0. The van der Waals surface area contributed by atoms with E-state index >= 15 is 0 Å². The molecule has 3 aromatic carbocycles. The third-order valence-electron chi connectivity index (χ3n) is 5.22. The van der Waals surface area contributed by atoms with E-state index in [9.17, 15) is 12.8 Å². The molecule has 0 aliphatic heterocycles. The van der Waals surface area contributed by atoms with Gasteiger partial charge in [0.2, 0.25) is 0 Å². The van der Waals surface area contributed by atoms with Crippen molar-refractivity contribution in [3.05, 3.63) is 88.3 Å². The summed E-state index contributed by atoms with van der Waals surface area (Å²) in [6, 6.07) is 18.3. The number of hydrogen-bond donors (Lipinski definition) is 1. The first-order valence-electron chi connectivity index (χ1n) is 10.4. The molecule has 1 aromatic heterocycles. The van der Waals surface area contributed by atoms with Crippen LogP contribution in [0.2, 0.25) is 0 Å². The standard InChI is InChI=1S/C24H23BrFN3O3S/c1-29(13-3-6-23-22-12-9-19(26)15-24(22)32-27-23)16-17-4-2-5-20(14-17)28-33(30,31)21-10-7-18(25)8-11-21/h2,4-5,7-12,14-15,28H,3,6,13,16H2,1H3. The van der Waals surface area contributed by atoms with Crippen LogP contribution in [-0.4, -0.2) is 32.1 Å². The van der Waals surface area contributed by atoms with Crippen molar-refractivity contribution in [1.82, 2.24) is 10.1 Å². The molecule has 9 heteroatoms. The molecule has 0 radical (unpaired) electrons. The average molecular weight is 532 g/mol. The Balaban J connectivity index is 1.33. The highest BCUT2D eigenvalue weighted by molar-refractivity contribution is 9.10. The number of nitrogens with zero attached hydrogens (tertiary/aromatic N) is 2. The van der Waals surface area contributed by atoms with Gasteiger partial charge in [-0.1, -0.05) is 33.2 Å². The van der Waals surface area contributed by atoms with Gasteiger partial charge in [-0.3, -0.25) is 4.72 Å². The average Bonchev–Trinajstić information content (AvgIpc) is 3.16. The molecule has 0 atom stereocenters. The van der Waals surface area contributed by atoms with E-state index < -0.39 is 10.0 Å². The highest BCUT2D eigenvalue weighted by Gasteiger charge is 2.14. The van der Waals surface area contributed by atoms with Crippen LogP contribution >= 0.6 is 15.9 Å². The Bertz CT molecular complexity index is 1360. The minimum absolute atomic E-state index is 0.205. The van der Waals surface area contributed by atoms with Crippen molar-refractivity contribution in [2.24, 2.45) is 0 Å². The summed E-state index contributed by atoms with van der Waals surface area (Å²) in [5.74, 6) is -0.341. The molecule has 6 nitrogen and oxygen atoms in total. The lowest BCUT2D eigenvalue weighted by Gasteiger charge is -2.17. The molecule has 0 saturated heterocycles. The molecule has 0 aliphatic rings. The minimum atomic E-state index is -3.66. The van der Waals surface area contributed by atoms with Gasteiger partial charge in [-0.25, -0.2) is 12.8 Å². The molecule has 0 unspecified atom stereocenters. The first-order valence-corrected chi connectivity index (χ1v) is 12.7. The molecule has 4 rings (SSSR count). The van der Waals surface area contributed by atoms with E-state index in [1.165, 1.54) is 12.1 Å². The molecule has 0 bridgehead atoms. The Morgan fingerprint density at radius 2 is 1.88 bits per heavy atom. The highest BCUT2D eigenvalue weighted by Crippen LogP contribution is 2.22. The summed E-state index contributed by atoms with van der Waals surface area (Å²) in [6.45, 7) is 1.48.